The molecule has 5 heteroatoms. The first-order chi connectivity index (χ1) is 9.54. The summed E-state index contributed by atoms with van der Waals surface area (Å²) in [5.41, 5.74) is 3.24. The zero-order valence-electron chi connectivity index (χ0n) is 11.5. The molecule has 20 heavy (non-hydrogen) atoms. The van der Waals surface area contributed by atoms with Crippen molar-refractivity contribution in [1.82, 2.24) is 15.5 Å². The summed E-state index contributed by atoms with van der Waals surface area (Å²) in [4.78, 5) is 12.1. The molecule has 0 atom stereocenters. The van der Waals surface area contributed by atoms with Crippen LogP contribution in [0.15, 0.2) is 18.2 Å². The molecule has 0 radical (unpaired) electrons. The minimum atomic E-state index is -0.767. The van der Waals surface area contributed by atoms with E-state index in [1.807, 2.05) is 19.9 Å². The molecule has 1 amide bonds. The molecule has 0 spiro atoms. The Bertz CT molecular complexity index is 680. The predicted molar refractivity (Wildman–Crippen MR) is 74.4 cm³/mol. The summed E-state index contributed by atoms with van der Waals surface area (Å²) in [6.45, 7) is 3.86. The average molecular weight is 273 g/mol. The Labute approximate surface area is 116 Å². The Balaban J connectivity index is 1.88. The second kappa shape index (κ2) is 4.81. The van der Waals surface area contributed by atoms with Gasteiger partial charge in [-0.15, -0.1) is 0 Å². The van der Waals surface area contributed by atoms with Crippen molar-refractivity contribution in [1.29, 1.82) is 0 Å². The highest BCUT2D eigenvalue weighted by molar-refractivity contribution is 5.98. The van der Waals surface area contributed by atoms with Gasteiger partial charge in [0.05, 0.1) is 11.2 Å². The molecule has 0 unspecified atom stereocenters. The van der Waals surface area contributed by atoms with Crippen molar-refractivity contribution < 1.29 is 9.18 Å². The van der Waals surface area contributed by atoms with Crippen LogP contribution < -0.4 is 5.32 Å². The molecule has 1 saturated carbocycles. The van der Waals surface area contributed by atoms with Crippen molar-refractivity contribution >= 4 is 16.8 Å². The van der Waals surface area contributed by atoms with Crippen LogP contribution in [0.2, 0.25) is 0 Å². The molecule has 1 aromatic heterocycles. The van der Waals surface area contributed by atoms with Crippen molar-refractivity contribution in [3.8, 4) is 0 Å². The first kappa shape index (κ1) is 13.0. The molecule has 1 N–H and O–H groups in total. The van der Waals surface area contributed by atoms with Gasteiger partial charge in [0.1, 0.15) is 6.17 Å². The van der Waals surface area contributed by atoms with E-state index >= 15 is 0 Å². The topological polar surface area (TPSA) is 54.9 Å². The number of carbonyl (C=O) groups excluding carboxylic acids is 1. The average Bonchev–Trinajstić information content (AvgIpc) is 2.41. The van der Waals surface area contributed by atoms with Crippen LogP contribution in [0.3, 0.4) is 0 Å². The molecule has 2 aromatic rings. The molecular formula is C15H16FN3O. The second-order valence-corrected chi connectivity index (χ2v) is 5.38. The molecule has 1 aliphatic carbocycles. The third kappa shape index (κ3) is 2.24. The van der Waals surface area contributed by atoms with Crippen molar-refractivity contribution in [2.75, 3.05) is 0 Å². The molecule has 4 nitrogen and oxygen atoms in total. The van der Waals surface area contributed by atoms with E-state index in [1.165, 1.54) is 0 Å². The van der Waals surface area contributed by atoms with Gasteiger partial charge in [0.15, 0.2) is 0 Å². The Kier molecular flexibility index (Phi) is 3.12. The van der Waals surface area contributed by atoms with Gasteiger partial charge < -0.3 is 5.32 Å². The number of nitrogens with one attached hydrogen (secondary N) is 1. The van der Waals surface area contributed by atoms with E-state index in [0.717, 1.165) is 22.2 Å². The number of nitrogens with zero attached hydrogens (tertiary/aromatic N) is 2. The van der Waals surface area contributed by atoms with Crippen molar-refractivity contribution in [2.24, 2.45) is 0 Å². The van der Waals surface area contributed by atoms with Crippen molar-refractivity contribution in [2.45, 2.75) is 38.9 Å². The monoisotopic (exact) mass is 273 g/mol. The zero-order chi connectivity index (χ0) is 14.3. The first-order valence-corrected chi connectivity index (χ1v) is 6.73. The van der Waals surface area contributed by atoms with Crippen LogP contribution in [-0.4, -0.2) is 28.3 Å². The third-order valence-electron chi connectivity index (χ3n) is 3.93. The molecular weight excluding hydrogens is 257 g/mol. The largest absolute Gasteiger partial charge is 0.349 e. The van der Waals surface area contributed by atoms with E-state index in [9.17, 15) is 9.18 Å². The number of benzene rings is 1. The van der Waals surface area contributed by atoms with Crippen LogP contribution in [0.5, 0.6) is 0 Å². The molecule has 1 fully saturated rings. The van der Waals surface area contributed by atoms with E-state index in [4.69, 9.17) is 0 Å². The third-order valence-corrected chi connectivity index (χ3v) is 3.93. The normalized spacial score (nSPS) is 21.6. The van der Waals surface area contributed by atoms with Crippen LogP contribution in [0, 0.1) is 13.8 Å². The van der Waals surface area contributed by atoms with Gasteiger partial charge in [-0.05, 0) is 50.5 Å². The summed E-state index contributed by atoms with van der Waals surface area (Å²) in [7, 11) is 0. The lowest BCUT2D eigenvalue weighted by Crippen LogP contribution is -2.45. The minimum absolute atomic E-state index is 0.0356. The van der Waals surface area contributed by atoms with E-state index in [-0.39, 0.29) is 11.9 Å². The van der Waals surface area contributed by atoms with Crippen LogP contribution in [0.1, 0.15) is 34.5 Å². The van der Waals surface area contributed by atoms with Gasteiger partial charge in [-0.1, -0.05) is 0 Å². The summed E-state index contributed by atoms with van der Waals surface area (Å²) >= 11 is 0. The van der Waals surface area contributed by atoms with Crippen LogP contribution in [0.25, 0.3) is 10.9 Å². The molecule has 104 valence electrons. The van der Waals surface area contributed by atoms with Gasteiger partial charge in [0.25, 0.3) is 5.91 Å². The number of aromatic nitrogens is 2. The fraction of sp³-hybridized carbons (Fsp3) is 0.400. The zero-order valence-corrected chi connectivity index (χ0v) is 11.5. The highest BCUT2D eigenvalue weighted by Gasteiger charge is 2.30. The number of hydrogen-bond acceptors (Lipinski definition) is 3. The lowest BCUT2D eigenvalue weighted by atomic mass is 9.90. The maximum atomic E-state index is 12.8. The maximum absolute atomic E-state index is 12.8. The Morgan fingerprint density at radius 1 is 1.30 bits per heavy atom. The van der Waals surface area contributed by atoms with Gasteiger partial charge in [-0.3, -0.25) is 4.79 Å². The number of aryl methyl sites for hydroxylation is 2. The van der Waals surface area contributed by atoms with Crippen LogP contribution in [-0.2, 0) is 0 Å². The number of carbonyl (C=O) groups is 1. The number of hydrogen-bond donors (Lipinski definition) is 1. The van der Waals surface area contributed by atoms with Crippen LogP contribution >= 0.6 is 0 Å². The summed E-state index contributed by atoms with van der Waals surface area (Å²) in [5, 5.41) is 12.0. The van der Waals surface area contributed by atoms with Crippen LogP contribution in [0.4, 0.5) is 4.39 Å². The molecule has 1 aliphatic rings. The summed E-state index contributed by atoms with van der Waals surface area (Å²) in [6, 6.07) is 5.31. The molecule has 1 heterocycles. The molecule has 1 aromatic carbocycles. The summed E-state index contributed by atoms with van der Waals surface area (Å²) in [5.74, 6) is -0.155. The van der Waals surface area contributed by atoms with E-state index < -0.39 is 6.17 Å². The number of rotatable bonds is 2. The number of alkyl halides is 1. The fourth-order valence-electron chi connectivity index (χ4n) is 2.40. The quantitative estimate of drug-likeness (QED) is 0.914. The Morgan fingerprint density at radius 3 is 2.75 bits per heavy atom. The lowest BCUT2D eigenvalue weighted by molar-refractivity contribution is 0.0860. The van der Waals surface area contributed by atoms with Crippen molar-refractivity contribution in [3.05, 3.63) is 35.0 Å². The van der Waals surface area contributed by atoms with Gasteiger partial charge >= 0.3 is 0 Å². The summed E-state index contributed by atoms with van der Waals surface area (Å²) < 4.78 is 12.8. The SMILES string of the molecule is Cc1nnc2ccc(C(=O)NC3CC(F)C3)cc2c1C. The maximum Gasteiger partial charge on any atom is 0.251 e. The second-order valence-electron chi connectivity index (χ2n) is 5.38. The minimum Gasteiger partial charge on any atom is -0.349 e. The fourth-order valence-corrected chi connectivity index (χ4v) is 2.40. The highest BCUT2D eigenvalue weighted by atomic mass is 19.1. The first-order valence-electron chi connectivity index (χ1n) is 6.73. The number of amides is 1. The van der Waals surface area contributed by atoms with E-state index in [0.29, 0.717) is 18.4 Å². The Hall–Kier alpha value is -2.04. The molecule has 0 aliphatic heterocycles. The predicted octanol–water partition coefficient (Wildman–Crippen LogP) is 2.48. The van der Waals surface area contributed by atoms with Gasteiger partial charge in [-0.25, -0.2) is 4.39 Å². The number of fused-ring (bicyclic) bond motifs is 1. The lowest BCUT2D eigenvalue weighted by Gasteiger charge is -2.30. The van der Waals surface area contributed by atoms with Gasteiger partial charge in [0.2, 0.25) is 0 Å². The molecule has 0 bridgehead atoms. The van der Waals surface area contributed by atoms with Gasteiger partial charge in [0, 0.05) is 17.0 Å². The van der Waals surface area contributed by atoms with E-state index in [1.54, 1.807) is 12.1 Å². The summed E-state index contributed by atoms with van der Waals surface area (Å²) in [6.07, 6.45) is 0.0726. The van der Waals surface area contributed by atoms with Gasteiger partial charge in [-0.2, -0.15) is 10.2 Å². The molecule has 0 saturated heterocycles. The molecule has 3 rings (SSSR count). The number of halogens is 1. The standard InChI is InChI=1S/C15H16FN3O/c1-8-9(2)18-19-14-4-3-10(5-13(8)14)15(20)17-12-6-11(16)7-12/h3-5,11-12H,6-7H2,1-2H3,(H,17,20). The van der Waals surface area contributed by atoms with Crippen molar-refractivity contribution in [3.63, 3.8) is 0 Å². The van der Waals surface area contributed by atoms with E-state index in [2.05, 4.69) is 15.5 Å². The Morgan fingerprint density at radius 2 is 2.05 bits per heavy atom. The smallest absolute Gasteiger partial charge is 0.251 e. The highest BCUT2D eigenvalue weighted by Crippen LogP contribution is 2.24.